The van der Waals surface area contributed by atoms with E-state index in [1.807, 2.05) is 0 Å². The van der Waals surface area contributed by atoms with Crippen molar-refractivity contribution in [2.75, 3.05) is 5.32 Å². The van der Waals surface area contributed by atoms with E-state index in [0.717, 1.165) is 36.8 Å². The number of rotatable bonds is 4. The normalized spacial score (nSPS) is 16.3. The zero-order valence-electron chi connectivity index (χ0n) is 14.3. The molecule has 0 aliphatic heterocycles. The van der Waals surface area contributed by atoms with Crippen LogP contribution in [0.5, 0.6) is 0 Å². The molecule has 0 bridgehead atoms. The molecule has 2 aromatic rings. The molecule has 1 N–H and O–H groups in total. The van der Waals surface area contributed by atoms with Crippen molar-refractivity contribution in [2.24, 2.45) is 5.92 Å². The predicted molar refractivity (Wildman–Crippen MR) is 109 cm³/mol. The lowest BCUT2D eigenvalue weighted by Gasteiger charge is -2.20. The molecule has 0 spiro atoms. The summed E-state index contributed by atoms with van der Waals surface area (Å²) in [7, 11) is 0. The zero-order valence-corrected chi connectivity index (χ0v) is 16.6. The Bertz CT molecular complexity index is 911. The second-order valence-electron chi connectivity index (χ2n) is 6.33. The van der Waals surface area contributed by atoms with E-state index in [-0.39, 0.29) is 5.91 Å². The van der Waals surface area contributed by atoms with Crippen molar-refractivity contribution in [1.29, 1.82) is 5.26 Å². The molecule has 0 radical (unpaired) electrons. The van der Waals surface area contributed by atoms with Crippen LogP contribution in [0.25, 0.3) is 6.08 Å². The Morgan fingerprint density at radius 3 is 2.92 bits per heavy atom. The molecule has 3 nitrogen and oxygen atoms in total. The number of halogens is 2. The number of thiophene rings is 1. The number of hydrogen-bond acceptors (Lipinski definition) is 3. The van der Waals surface area contributed by atoms with E-state index < -0.39 is 0 Å². The number of carbonyl (C=O) groups excluding carboxylic acids is 1. The van der Waals surface area contributed by atoms with Crippen LogP contribution >= 0.6 is 34.5 Å². The van der Waals surface area contributed by atoms with E-state index in [0.29, 0.717) is 26.5 Å². The van der Waals surface area contributed by atoms with Gasteiger partial charge in [-0.1, -0.05) is 42.6 Å². The molecule has 3 rings (SSSR count). The standard InChI is InChI=1S/C20H18Cl2N2OS/c1-2-12-3-6-14-15(11-23)20(26-18(14)10-12)24-19(25)8-5-13-4-7-16(21)17(22)9-13/h4-5,7-9,12H,2-3,6,10H2,1H3,(H,24,25)/b8-5+. The first-order valence-corrected chi connectivity index (χ1v) is 10.1. The first-order valence-electron chi connectivity index (χ1n) is 8.50. The van der Waals surface area contributed by atoms with Gasteiger partial charge in [0, 0.05) is 11.0 Å². The van der Waals surface area contributed by atoms with Gasteiger partial charge >= 0.3 is 0 Å². The van der Waals surface area contributed by atoms with Crippen molar-refractivity contribution in [1.82, 2.24) is 0 Å². The summed E-state index contributed by atoms with van der Waals surface area (Å²) >= 11 is 13.4. The van der Waals surface area contributed by atoms with Crippen molar-refractivity contribution in [3.8, 4) is 6.07 Å². The summed E-state index contributed by atoms with van der Waals surface area (Å²) < 4.78 is 0. The number of nitriles is 1. The Kier molecular flexibility index (Phi) is 6.03. The fourth-order valence-electron chi connectivity index (χ4n) is 3.15. The molecule has 1 atom stereocenters. The Balaban J connectivity index is 1.75. The molecule has 0 fully saturated rings. The molecule has 0 saturated carbocycles. The molecule has 6 heteroatoms. The van der Waals surface area contributed by atoms with Crippen molar-refractivity contribution >= 4 is 51.5 Å². The van der Waals surface area contributed by atoms with Gasteiger partial charge in [0.15, 0.2) is 0 Å². The van der Waals surface area contributed by atoms with Crippen LogP contribution in [-0.4, -0.2) is 5.91 Å². The fourth-order valence-corrected chi connectivity index (χ4v) is 4.77. The van der Waals surface area contributed by atoms with Crippen molar-refractivity contribution in [3.63, 3.8) is 0 Å². The predicted octanol–water partition coefficient (Wildman–Crippen LogP) is 6.09. The largest absolute Gasteiger partial charge is 0.313 e. The fraction of sp³-hybridized carbons (Fsp3) is 0.300. The van der Waals surface area contributed by atoms with Crippen LogP contribution in [0.15, 0.2) is 24.3 Å². The highest BCUT2D eigenvalue weighted by atomic mass is 35.5. The third-order valence-electron chi connectivity index (χ3n) is 4.66. The highest BCUT2D eigenvalue weighted by Gasteiger charge is 2.25. The number of hydrogen-bond donors (Lipinski definition) is 1. The summed E-state index contributed by atoms with van der Waals surface area (Å²) in [6.07, 6.45) is 7.29. The maximum atomic E-state index is 12.3. The Morgan fingerprint density at radius 1 is 1.42 bits per heavy atom. The van der Waals surface area contributed by atoms with Gasteiger partial charge in [-0.25, -0.2) is 0 Å². The molecular weight excluding hydrogens is 387 g/mol. The molecule has 1 aromatic heterocycles. The van der Waals surface area contributed by atoms with Gasteiger partial charge in [0.2, 0.25) is 5.91 Å². The maximum absolute atomic E-state index is 12.3. The molecular formula is C20H18Cl2N2OS. The minimum absolute atomic E-state index is 0.266. The maximum Gasteiger partial charge on any atom is 0.249 e. The number of fused-ring (bicyclic) bond motifs is 1. The van der Waals surface area contributed by atoms with Crippen molar-refractivity contribution < 1.29 is 4.79 Å². The number of amides is 1. The second kappa shape index (κ2) is 8.26. The first-order chi connectivity index (χ1) is 12.5. The van der Waals surface area contributed by atoms with Gasteiger partial charge in [-0.2, -0.15) is 5.26 Å². The minimum atomic E-state index is -0.266. The quantitative estimate of drug-likeness (QED) is 0.626. The number of nitrogens with one attached hydrogen (secondary N) is 1. The third-order valence-corrected chi connectivity index (χ3v) is 6.57. The summed E-state index contributed by atoms with van der Waals surface area (Å²) in [5, 5.41) is 13.9. The molecule has 134 valence electrons. The SMILES string of the molecule is CCC1CCc2c(sc(NC(=O)/C=C/c3ccc(Cl)c(Cl)c3)c2C#N)C1. The van der Waals surface area contributed by atoms with E-state index in [4.69, 9.17) is 23.2 Å². The highest BCUT2D eigenvalue weighted by Crippen LogP contribution is 2.40. The molecule has 1 unspecified atom stereocenters. The molecule has 1 heterocycles. The number of nitrogens with zero attached hydrogens (tertiary/aromatic N) is 1. The summed E-state index contributed by atoms with van der Waals surface area (Å²) in [6.45, 7) is 2.20. The molecule has 26 heavy (non-hydrogen) atoms. The minimum Gasteiger partial charge on any atom is -0.313 e. The van der Waals surface area contributed by atoms with Gasteiger partial charge < -0.3 is 5.32 Å². The Labute approximate surface area is 167 Å². The summed E-state index contributed by atoms with van der Waals surface area (Å²) in [4.78, 5) is 13.5. The topological polar surface area (TPSA) is 52.9 Å². The highest BCUT2D eigenvalue weighted by molar-refractivity contribution is 7.16. The van der Waals surface area contributed by atoms with Crippen molar-refractivity contribution in [3.05, 3.63) is 55.9 Å². The Morgan fingerprint density at radius 2 is 2.23 bits per heavy atom. The van der Waals surface area contributed by atoms with E-state index in [2.05, 4.69) is 18.3 Å². The number of anilines is 1. The van der Waals surface area contributed by atoms with Crippen LogP contribution in [-0.2, 0) is 17.6 Å². The molecule has 1 aliphatic rings. The average Bonchev–Trinajstić information content (AvgIpc) is 2.98. The van der Waals surface area contributed by atoms with E-state index >= 15 is 0 Å². The summed E-state index contributed by atoms with van der Waals surface area (Å²) in [5.74, 6) is 0.406. The molecule has 1 amide bonds. The smallest absolute Gasteiger partial charge is 0.249 e. The monoisotopic (exact) mass is 404 g/mol. The van der Waals surface area contributed by atoms with E-state index in [9.17, 15) is 10.1 Å². The molecule has 1 aromatic carbocycles. The van der Waals surface area contributed by atoms with E-state index in [1.54, 1.807) is 24.3 Å². The van der Waals surface area contributed by atoms with Crippen LogP contribution in [0.3, 0.4) is 0 Å². The van der Waals surface area contributed by atoms with Gasteiger partial charge in [0.05, 0.1) is 15.6 Å². The third kappa shape index (κ3) is 4.12. The first kappa shape index (κ1) is 19.0. The van der Waals surface area contributed by atoms with E-state index in [1.165, 1.54) is 22.3 Å². The van der Waals surface area contributed by atoms with Gasteiger partial charge in [0.1, 0.15) is 11.1 Å². The van der Waals surface area contributed by atoms with Crippen LogP contribution in [0.1, 0.15) is 41.3 Å². The van der Waals surface area contributed by atoms with Crippen LogP contribution in [0, 0.1) is 17.2 Å². The lowest BCUT2D eigenvalue weighted by Crippen LogP contribution is -2.12. The summed E-state index contributed by atoms with van der Waals surface area (Å²) in [5.41, 5.74) is 2.52. The van der Waals surface area contributed by atoms with Crippen LogP contribution in [0.4, 0.5) is 5.00 Å². The van der Waals surface area contributed by atoms with Crippen molar-refractivity contribution in [2.45, 2.75) is 32.6 Å². The van der Waals surface area contributed by atoms with Gasteiger partial charge in [-0.3, -0.25) is 4.79 Å². The van der Waals surface area contributed by atoms with Crippen LogP contribution < -0.4 is 5.32 Å². The lowest BCUT2D eigenvalue weighted by atomic mass is 9.86. The van der Waals surface area contributed by atoms with Crippen LogP contribution in [0.2, 0.25) is 10.0 Å². The summed E-state index contributed by atoms with van der Waals surface area (Å²) in [6, 6.07) is 7.44. The molecule has 1 aliphatic carbocycles. The van der Waals surface area contributed by atoms with Gasteiger partial charge in [-0.05, 0) is 54.5 Å². The average molecular weight is 405 g/mol. The van der Waals surface area contributed by atoms with Gasteiger partial charge in [-0.15, -0.1) is 11.3 Å². The zero-order chi connectivity index (χ0) is 18.7. The lowest BCUT2D eigenvalue weighted by molar-refractivity contribution is -0.111. The second-order valence-corrected chi connectivity index (χ2v) is 8.25. The van der Waals surface area contributed by atoms with Gasteiger partial charge in [0.25, 0.3) is 0 Å². The number of benzene rings is 1. The number of carbonyl (C=O) groups is 1. The molecule has 0 saturated heterocycles. The Hall–Kier alpha value is -1.80.